The molecule has 0 fully saturated rings. The molecule has 0 radical (unpaired) electrons. The quantitative estimate of drug-likeness (QED) is 0.775. The molecule has 0 bridgehead atoms. The van der Waals surface area contributed by atoms with Crippen molar-refractivity contribution in [3.05, 3.63) is 35.9 Å². The first-order valence-corrected chi connectivity index (χ1v) is 6.63. The number of hydrogen-bond donors (Lipinski definition) is 1. The van der Waals surface area contributed by atoms with Gasteiger partial charge in [-0.05, 0) is 25.3 Å². The lowest BCUT2D eigenvalue weighted by Gasteiger charge is -2.19. The van der Waals surface area contributed by atoms with E-state index in [1.54, 1.807) is 0 Å². The van der Waals surface area contributed by atoms with E-state index in [1.807, 2.05) is 44.2 Å². The summed E-state index contributed by atoms with van der Waals surface area (Å²) in [5.74, 6) is 0.606. The van der Waals surface area contributed by atoms with E-state index in [0.717, 1.165) is 18.4 Å². The maximum atomic E-state index is 12.1. The fraction of sp³-hybridized carbons (Fsp3) is 0.500. The van der Waals surface area contributed by atoms with Crippen LogP contribution in [0.1, 0.15) is 38.2 Å². The summed E-state index contributed by atoms with van der Waals surface area (Å²) in [6, 6.07) is 10.0. The summed E-state index contributed by atoms with van der Waals surface area (Å²) in [5.41, 5.74) is 1.07. The van der Waals surface area contributed by atoms with Gasteiger partial charge in [0.05, 0.1) is 5.92 Å². The maximum absolute atomic E-state index is 12.1. The van der Waals surface area contributed by atoms with Gasteiger partial charge in [0.25, 0.3) is 0 Å². The Morgan fingerprint density at radius 3 is 2.53 bits per heavy atom. The van der Waals surface area contributed by atoms with Crippen LogP contribution in [0.2, 0.25) is 0 Å². The second kappa shape index (κ2) is 7.33. The largest absolute Gasteiger partial charge is 0.353 e. The summed E-state index contributed by atoms with van der Waals surface area (Å²) in [6.45, 7) is 4.02. The third kappa shape index (κ3) is 4.39. The Morgan fingerprint density at radius 2 is 2.00 bits per heavy atom. The van der Waals surface area contributed by atoms with Crippen LogP contribution in [0.15, 0.2) is 30.3 Å². The van der Waals surface area contributed by atoms with Crippen LogP contribution in [-0.4, -0.2) is 17.8 Å². The summed E-state index contributed by atoms with van der Waals surface area (Å²) < 4.78 is 0. The molecule has 0 aliphatic rings. The molecular formula is C14H20ClNO. The van der Waals surface area contributed by atoms with Crippen molar-refractivity contribution in [1.29, 1.82) is 0 Å². The van der Waals surface area contributed by atoms with Crippen LogP contribution in [0.4, 0.5) is 0 Å². The predicted molar refractivity (Wildman–Crippen MR) is 72.4 cm³/mol. The van der Waals surface area contributed by atoms with Gasteiger partial charge in [0.1, 0.15) is 0 Å². The SMILES string of the molecule is CCC(C(=O)NC(C)CCCl)c1ccccc1. The normalized spacial score (nSPS) is 14.1. The molecule has 1 aromatic carbocycles. The first kappa shape index (κ1) is 14.0. The Kier molecular flexibility index (Phi) is 6.06. The highest BCUT2D eigenvalue weighted by Gasteiger charge is 2.19. The Hall–Kier alpha value is -1.02. The topological polar surface area (TPSA) is 29.1 Å². The number of carbonyl (C=O) groups excluding carboxylic acids is 1. The molecule has 2 nitrogen and oxygen atoms in total. The summed E-state index contributed by atoms with van der Waals surface area (Å²) in [7, 11) is 0. The standard InChI is InChI=1S/C14H20ClNO/c1-3-13(12-7-5-4-6-8-12)14(17)16-11(2)9-10-15/h4-8,11,13H,3,9-10H2,1-2H3,(H,16,17). The number of amides is 1. The minimum absolute atomic E-state index is 0.0611. The Morgan fingerprint density at radius 1 is 1.35 bits per heavy atom. The molecule has 1 amide bonds. The molecule has 0 heterocycles. The van der Waals surface area contributed by atoms with Crippen molar-refractivity contribution in [2.24, 2.45) is 0 Å². The van der Waals surface area contributed by atoms with E-state index in [1.165, 1.54) is 0 Å². The number of hydrogen-bond acceptors (Lipinski definition) is 1. The summed E-state index contributed by atoms with van der Waals surface area (Å²) in [6.07, 6.45) is 1.61. The van der Waals surface area contributed by atoms with Crippen molar-refractivity contribution in [3.63, 3.8) is 0 Å². The first-order valence-electron chi connectivity index (χ1n) is 6.10. The average Bonchev–Trinajstić information content (AvgIpc) is 2.31. The lowest BCUT2D eigenvalue weighted by molar-refractivity contribution is -0.123. The monoisotopic (exact) mass is 253 g/mol. The van der Waals surface area contributed by atoms with E-state index in [2.05, 4.69) is 5.32 Å². The molecule has 1 aromatic rings. The molecule has 1 N–H and O–H groups in total. The van der Waals surface area contributed by atoms with Crippen LogP contribution >= 0.6 is 11.6 Å². The van der Waals surface area contributed by atoms with Gasteiger partial charge in [-0.2, -0.15) is 0 Å². The van der Waals surface area contributed by atoms with Gasteiger partial charge < -0.3 is 5.32 Å². The molecule has 3 heteroatoms. The van der Waals surface area contributed by atoms with Gasteiger partial charge in [-0.25, -0.2) is 0 Å². The van der Waals surface area contributed by atoms with Crippen molar-refractivity contribution < 1.29 is 4.79 Å². The number of halogens is 1. The molecule has 2 unspecified atom stereocenters. The molecule has 1 rings (SSSR count). The number of carbonyl (C=O) groups is 1. The number of benzene rings is 1. The van der Waals surface area contributed by atoms with E-state index in [9.17, 15) is 4.79 Å². The van der Waals surface area contributed by atoms with Crippen molar-refractivity contribution >= 4 is 17.5 Å². The van der Waals surface area contributed by atoms with Crippen molar-refractivity contribution in [1.82, 2.24) is 5.32 Å². The molecule has 0 saturated heterocycles. The van der Waals surface area contributed by atoms with E-state index in [0.29, 0.717) is 5.88 Å². The predicted octanol–water partition coefficient (Wildman–Crippen LogP) is 3.31. The van der Waals surface area contributed by atoms with Gasteiger partial charge in [-0.3, -0.25) is 4.79 Å². The molecule has 0 spiro atoms. The highest BCUT2D eigenvalue weighted by molar-refractivity contribution is 6.17. The van der Waals surface area contributed by atoms with Crippen LogP contribution in [0, 0.1) is 0 Å². The summed E-state index contributed by atoms with van der Waals surface area (Å²) >= 11 is 5.66. The van der Waals surface area contributed by atoms with E-state index < -0.39 is 0 Å². The number of alkyl halides is 1. The molecule has 0 aliphatic heterocycles. The second-order valence-electron chi connectivity index (χ2n) is 4.26. The fourth-order valence-electron chi connectivity index (χ4n) is 1.84. The number of rotatable bonds is 6. The Labute approximate surface area is 108 Å². The van der Waals surface area contributed by atoms with Gasteiger partial charge in [-0.1, -0.05) is 37.3 Å². The molecule has 0 aliphatic carbocycles. The average molecular weight is 254 g/mol. The van der Waals surface area contributed by atoms with Gasteiger partial charge in [0, 0.05) is 11.9 Å². The maximum Gasteiger partial charge on any atom is 0.227 e. The fourth-order valence-corrected chi connectivity index (χ4v) is 2.16. The lowest BCUT2D eigenvalue weighted by Crippen LogP contribution is -2.36. The van der Waals surface area contributed by atoms with Crippen LogP contribution in [0.3, 0.4) is 0 Å². The smallest absolute Gasteiger partial charge is 0.227 e. The number of nitrogens with one attached hydrogen (secondary N) is 1. The van der Waals surface area contributed by atoms with E-state index in [-0.39, 0.29) is 17.9 Å². The van der Waals surface area contributed by atoms with Crippen LogP contribution in [0.5, 0.6) is 0 Å². The zero-order valence-corrected chi connectivity index (χ0v) is 11.2. The Bertz CT molecular complexity index is 339. The molecular weight excluding hydrogens is 234 g/mol. The second-order valence-corrected chi connectivity index (χ2v) is 4.64. The highest BCUT2D eigenvalue weighted by Crippen LogP contribution is 2.19. The van der Waals surface area contributed by atoms with Gasteiger partial charge in [0.2, 0.25) is 5.91 Å². The van der Waals surface area contributed by atoms with Crippen molar-refractivity contribution in [2.45, 2.75) is 38.6 Å². The minimum Gasteiger partial charge on any atom is -0.353 e. The Balaban J connectivity index is 2.65. The first-order chi connectivity index (χ1) is 8.19. The van der Waals surface area contributed by atoms with Crippen LogP contribution < -0.4 is 5.32 Å². The van der Waals surface area contributed by atoms with E-state index in [4.69, 9.17) is 11.6 Å². The molecule has 94 valence electrons. The van der Waals surface area contributed by atoms with Gasteiger partial charge in [-0.15, -0.1) is 11.6 Å². The lowest BCUT2D eigenvalue weighted by atomic mass is 9.95. The molecule has 2 atom stereocenters. The molecule has 17 heavy (non-hydrogen) atoms. The van der Waals surface area contributed by atoms with E-state index >= 15 is 0 Å². The third-order valence-electron chi connectivity index (χ3n) is 2.86. The van der Waals surface area contributed by atoms with Gasteiger partial charge >= 0.3 is 0 Å². The van der Waals surface area contributed by atoms with Gasteiger partial charge in [0.15, 0.2) is 0 Å². The third-order valence-corrected chi connectivity index (χ3v) is 3.08. The highest BCUT2D eigenvalue weighted by atomic mass is 35.5. The molecule has 0 saturated carbocycles. The van der Waals surface area contributed by atoms with Crippen LogP contribution in [-0.2, 0) is 4.79 Å². The summed E-state index contributed by atoms with van der Waals surface area (Å²) in [4.78, 5) is 12.1. The summed E-state index contributed by atoms with van der Waals surface area (Å²) in [5, 5.41) is 3.01. The minimum atomic E-state index is -0.0611. The van der Waals surface area contributed by atoms with Crippen LogP contribution in [0.25, 0.3) is 0 Å². The molecule has 0 aromatic heterocycles. The zero-order valence-electron chi connectivity index (χ0n) is 10.4. The van der Waals surface area contributed by atoms with Crippen molar-refractivity contribution in [2.75, 3.05) is 5.88 Å². The zero-order chi connectivity index (χ0) is 12.7. The van der Waals surface area contributed by atoms with Crippen molar-refractivity contribution in [3.8, 4) is 0 Å².